The lowest BCUT2D eigenvalue weighted by molar-refractivity contribution is -0.136. The van der Waals surface area contributed by atoms with Crippen molar-refractivity contribution in [2.75, 3.05) is 10.6 Å². The molecule has 2 atom stereocenters. The van der Waals surface area contributed by atoms with E-state index >= 15 is 0 Å². The molecule has 13 heteroatoms. The number of hydrogen-bond donors (Lipinski definition) is 4. The normalized spacial score (nSPS) is 20.4. The quantitative estimate of drug-likeness (QED) is 0.344. The number of hydrogen-bond acceptors (Lipinski definition) is 9. The zero-order valence-electron chi connectivity index (χ0n) is 26.1. The van der Waals surface area contributed by atoms with Crippen LogP contribution in [0.4, 0.5) is 11.4 Å². The van der Waals surface area contributed by atoms with Crippen LogP contribution in [0.25, 0.3) is 0 Å². The Balaban J connectivity index is 0.000000208. The van der Waals surface area contributed by atoms with E-state index in [1.165, 1.54) is 0 Å². The summed E-state index contributed by atoms with van der Waals surface area (Å²) in [5.74, 6) is -3.16. The summed E-state index contributed by atoms with van der Waals surface area (Å²) in [5.41, 5.74) is 3.08. The topological polar surface area (TPSA) is 174 Å². The number of amides is 7. The van der Waals surface area contributed by atoms with Crippen molar-refractivity contribution in [2.24, 2.45) is 0 Å². The SMILES string of the molecule is C.C=C1CC[C@@H](N2C(=O)c3cccc(NC(C)C)c3C2=O)C(=O)N1.CC(C)Nc1cccc2c1C(=O)N([C@H]1CCC(=O)NC1=O)C2=O. The fourth-order valence-electron chi connectivity index (χ4n) is 5.97. The zero-order chi connectivity index (χ0) is 33.4. The van der Waals surface area contributed by atoms with Crippen LogP contribution in [0.2, 0.25) is 0 Å². The highest BCUT2D eigenvalue weighted by atomic mass is 16.2. The summed E-state index contributed by atoms with van der Waals surface area (Å²) < 4.78 is 0. The van der Waals surface area contributed by atoms with E-state index in [4.69, 9.17) is 0 Å². The fourth-order valence-corrected chi connectivity index (χ4v) is 5.97. The monoisotopic (exact) mass is 644 g/mol. The van der Waals surface area contributed by atoms with Gasteiger partial charge >= 0.3 is 0 Å². The predicted octanol–water partition coefficient (Wildman–Crippen LogP) is 3.44. The van der Waals surface area contributed by atoms with Crippen molar-refractivity contribution in [2.45, 2.75) is 85.0 Å². The lowest BCUT2D eigenvalue weighted by Crippen LogP contribution is -2.54. The Hall–Kier alpha value is -5.33. The number of carbonyl (C=O) groups excluding carboxylic acids is 7. The number of nitrogens with zero attached hydrogens (tertiary/aromatic N) is 2. The van der Waals surface area contributed by atoms with E-state index in [0.717, 1.165) is 9.80 Å². The summed E-state index contributed by atoms with van der Waals surface area (Å²) >= 11 is 0. The van der Waals surface area contributed by atoms with Gasteiger partial charge in [0.2, 0.25) is 17.7 Å². The second kappa shape index (κ2) is 13.6. The summed E-state index contributed by atoms with van der Waals surface area (Å²) in [6, 6.07) is 8.65. The van der Waals surface area contributed by atoms with Crippen molar-refractivity contribution >= 4 is 52.7 Å². The minimum Gasteiger partial charge on any atom is -0.382 e. The number of benzene rings is 2. The molecule has 6 rings (SSSR count). The van der Waals surface area contributed by atoms with Crippen molar-refractivity contribution in [3.05, 3.63) is 70.9 Å². The van der Waals surface area contributed by atoms with Gasteiger partial charge < -0.3 is 16.0 Å². The Morgan fingerprint density at radius 3 is 1.49 bits per heavy atom. The van der Waals surface area contributed by atoms with E-state index in [-0.39, 0.29) is 55.3 Å². The molecule has 0 bridgehead atoms. The molecule has 0 saturated carbocycles. The number of carbonyl (C=O) groups is 7. The zero-order valence-corrected chi connectivity index (χ0v) is 26.1. The van der Waals surface area contributed by atoms with Gasteiger partial charge in [-0.2, -0.15) is 0 Å². The summed E-state index contributed by atoms with van der Waals surface area (Å²) in [7, 11) is 0. The van der Waals surface area contributed by atoms with Crippen LogP contribution in [0.3, 0.4) is 0 Å². The smallest absolute Gasteiger partial charge is 0.264 e. The average Bonchev–Trinajstić information content (AvgIpc) is 3.38. The van der Waals surface area contributed by atoms with Crippen molar-refractivity contribution in [1.29, 1.82) is 0 Å². The van der Waals surface area contributed by atoms with Gasteiger partial charge in [-0.05, 0) is 71.2 Å². The maximum atomic E-state index is 12.8. The van der Waals surface area contributed by atoms with Gasteiger partial charge in [0.25, 0.3) is 23.6 Å². The Morgan fingerprint density at radius 2 is 1.09 bits per heavy atom. The van der Waals surface area contributed by atoms with Crippen LogP contribution in [0.1, 0.15) is 102 Å². The van der Waals surface area contributed by atoms with Crippen LogP contribution in [0.15, 0.2) is 48.7 Å². The lowest BCUT2D eigenvalue weighted by Gasteiger charge is -2.29. The summed E-state index contributed by atoms with van der Waals surface area (Å²) in [4.78, 5) is 88.2. The molecule has 2 saturated heterocycles. The van der Waals surface area contributed by atoms with Crippen LogP contribution >= 0.6 is 0 Å². The molecular formula is C34H40N6O7. The van der Waals surface area contributed by atoms with Gasteiger partial charge in [0, 0.05) is 35.6 Å². The summed E-state index contributed by atoms with van der Waals surface area (Å²) in [5, 5.41) is 11.1. The van der Waals surface area contributed by atoms with E-state index in [2.05, 4.69) is 27.8 Å². The number of imide groups is 3. The van der Waals surface area contributed by atoms with Gasteiger partial charge in [-0.15, -0.1) is 0 Å². The van der Waals surface area contributed by atoms with E-state index in [0.29, 0.717) is 41.0 Å². The molecule has 2 fully saturated rings. The van der Waals surface area contributed by atoms with Crippen molar-refractivity contribution in [3.8, 4) is 0 Å². The van der Waals surface area contributed by atoms with Gasteiger partial charge in [-0.1, -0.05) is 26.1 Å². The van der Waals surface area contributed by atoms with Gasteiger partial charge in [0.1, 0.15) is 12.1 Å². The summed E-state index contributed by atoms with van der Waals surface area (Å²) in [6.07, 6.45) is 1.23. The maximum absolute atomic E-state index is 12.8. The highest BCUT2D eigenvalue weighted by molar-refractivity contribution is 6.26. The largest absolute Gasteiger partial charge is 0.382 e. The number of allylic oxidation sites excluding steroid dienone is 1. The number of rotatable bonds is 6. The van der Waals surface area contributed by atoms with Crippen molar-refractivity contribution in [3.63, 3.8) is 0 Å². The van der Waals surface area contributed by atoms with E-state index in [1.807, 2.05) is 27.7 Å². The second-order valence-corrected chi connectivity index (χ2v) is 12.1. The van der Waals surface area contributed by atoms with Crippen LogP contribution in [0.5, 0.6) is 0 Å². The standard InChI is InChI=1S/C17H19N3O3.C16H17N3O4.CH4/c1-9(2)18-12-6-4-5-11-14(12)17(23)20(16(11)22)13-8-7-10(3)19-15(13)21;1-8(2)17-10-5-3-4-9-13(10)16(23)19(15(9)22)11-6-7-12(20)18-14(11)21;/h4-6,9,13,18H,3,7-8H2,1-2H3,(H,19,21);3-5,8,11,17H,6-7H2,1-2H3,(H,18,20,21);1H4/t13-;11-;/m10./s1. The molecule has 4 aliphatic heterocycles. The van der Waals surface area contributed by atoms with Gasteiger partial charge in [-0.25, -0.2) is 0 Å². The maximum Gasteiger partial charge on any atom is 0.264 e. The molecule has 0 spiro atoms. The second-order valence-electron chi connectivity index (χ2n) is 12.1. The Kier molecular flexibility index (Phi) is 9.97. The third-order valence-electron chi connectivity index (χ3n) is 7.94. The van der Waals surface area contributed by atoms with Crippen LogP contribution < -0.4 is 21.3 Å². The van der Waals surface area contributed by atoms with Crippen molar-refractivity contribution < 1.29 is 33.6 Å². The molecule has 7 amide bonds. The number of fused-ring (bicyclic) bond motifs is 2. The molecule has 2 aromatic rings. The van der Waals surface area contributed by atoms with Crippen LogP contribution in [0, 0.1) is 0 Å². The van der Waals surface area contributed by atoms with Gasteiger partial charge in [0.05, 0.1) is 22.3 Å². The van der Waals surface area contributed by atoms with E-state index in [9.17, 15) is 33.6 Å². The van der Waals surface area contributed by atoms with Gasteiger partial charge in [0.15, 0.2) is 0 Å². The molecular weight excluding hydrogens is 604 g/mol. The van der Waals surface area contributed by atoms with E-state index in [1.54, 1.807) is 36.4 Å². The van der Waals surface area contributed by atoms with Gasteiger partial charge in [-0.3, -0.25) is 48.7 Å². The molecule has 0 unspecified atom stereocenters. The lowest BCUT2D eigenvalue weighted by atomic mass is 10.0. The summed E-state index contributed by atoms with van der Waals surface area (Å²) in [6.45, 7) is 11.5. The molecule has 13 nitrogen and oxygen atoms in total. The fraction of sp³-hybridized carbons (Fsp3) is 0.382. The van der Waals surface area contributed by atoms with E-state index < -0.39 is 41.6 Å². The third kappa shape index (κ3) is 6.51. The number of piperidine rings is 2. The third-order valence-corrected chi connectivity index (χ3v) is 7.94. The van der Waals surface area contributed by atoms with Crippen LogP contribution in [-0.2, 0) is 14.4 Å². The molecule has 0 aliphatic carbocycles. The Morgan fingerprint density at radius 1 is 0.660 bits per heavy atom. The Labute approximate surface area is 273 Å². The molecule has 0 aromatic heterocycles. The first-order valence-electron chi connectivity index (χ1n) is 15.2. The molecule has 4 aliphatic rings. The molecule has 2 aromatic carbocycles. The highest BCUT2D eigenvalue weighted by Gasteiger charge is 2.46. The molecule has 4 N–H and O–H groups in total. The first-order valence-corrected chi connectivity index (χ1v) is 15.2. The molecule has 0 radical (unpaired) electrons. The number of anilines is 2. The minimum atomic E-state index is -0.938. The molecule has 248 valence electrons. The minimum absolute atomic E-state index is 0. The van der Waals surface area contributed by atoms with Crippen LogP contribution in [-0.4, -0.2) is 75.3 Å². The average molecular weight is 645 g/mol. The molecule has 4 heterocycles. The highest BCUT2D eigenvalue weighted by Crippen LogP contribution is 2.34. The Bertz CT molecular complexity index is 1570. The first-order chi connectivity index (χ1) is 21.8. The predicted molar refractivity (Wildman–Crippen MR) is 175 cm³/mol. The van der Waals surface area contributed by atoms with Crippen molar-refractivity contribution in [1.82, 2.24) is 20.4 Å². The molecule has 47 heavy (non-hydrogen) atoms. The number of nitrogens with one attached hydrogen (secondary N) is 4. The first kappa shape index (κ1) is 34.5.